The molecule has 0 aromatic rings. The highest BCUT2D eigenvalue weighted by molar-refractivity contribution is 4.86. The first-order valence-corrected chi connectivity index (χ1v) is 8.02. The molecular formula is C16H32N2. The monoisotopic (exact) mass is 252 g/mol. The lowest BCUT2D eigenvalue weighted by molar-refractivity contribution is 0.146. The Balaban J connectivity index is 1.79. The van der Waals surface area contributed by atoms with Gasteiger partial charge in [0.15, 0.2) is 0 Å². The standard InChI is InChI=1S/C16H32N2/c1-12(2)14-6-5-7-15(11-14)17-16-8-9-18(4)13(3)10-16/h12-17H,5-11H2,1-4H3. The van der Waals surface area contributed by atoms with Gasteiger partial charge in [-0.2, -0.15) is 0 Å². The largest absolute Gasteiger partial charge is 0.311 e. The van der Waals surface area contributed by atoms with Gasteiger partial charge in [0.2, 0.25) is 0 Å². The highest BCUT2D eigenvalue weighted by Crippen LogP contribution is 2.30. The fourth-order valence-electron chi connectivity index (χ4n) is 3.76. The summed E-state index contributed by atoms with van der Waals surface area (Å²) in [7, 11) is 2.26. The van der Waals surface area contributed by atoms with Crippen LogP contribution >= 0.6 is 0 Å². The van der Waals surface area contributed by atoms with E-state index < -0.39 is 0 Å². The number of hydrogen-bond acceptors (Lipinski definition) is 2. The predicted molar refractivity (Wildman–Crippen MR) is 78.8 cm³/mol. The van der Waals surface area contributed by atoms with Gasteiger partial charge < -0.3 is 10.2 Å². The minimum absolute atomic E-state index is 0.751. The smallest absolute Gasteiger partial charge is 0.00966 e. The highest BCUT2D eigenvalue weighted by Gasteiger charge is 2.28. The summed E-state index contributed by atoms with van der Waals surface area (Å²) in [6, 6.07) is 2.32. The van der Waals surface area contributed by atoms with Crippen molar-refractivity contribution in [1.82, 2.24) is 10.2 Å². The van der Waals surface area contributed by atoms with Crippen molar-refractivity contribution in [2.45, 2.75) is 77.4 Å². The first-order valence-electron chi connectivity index (χ1n) is 8.02. The summed E-state index contributed by atoms with van der Waals surface area (Å²) in [5.74, 6) is 1.82. The van der Waals surface area contributed by atoms with Gasteiger partial charge in [-0.05, 0) is 58.0 Å². The number of nitrogens with one attached hydrogen (secondary N) is 1. The SMILES string of the molecule is CC(C)C1CCCC(NC2CCN(C)C(C)C2)C1. The minimum Gasteiger partial charge on any atom is -0.311 e. The molecule has 0 bridgehead atoms. The first kappa shape index (κ1) is 14.3. The van der Waals surface area contributed by atoms with Crippen LogP contribution < -0.4 is 5.32 Å². The summed E-state index contributed by atoms with van der Waals surface area (Å²) in [5, 5.41) is 3.97. The fourth-order valence-corrected chi connectivity index (χ4v) is 3.76. The molecule has 0 radical (unpaired) electrons. The van der Waals surface area contributed by atoms with Crippen molar-refractivity contribution in [2.24, 2.45) is 11.8 Å². The zero-order chi connectivity index (χ0) is 13.1. The van der Waals surface area contributed by atoms with Crippen LogP contribution in [0.2, 0.25) is 0 Å². The molecule has 1 saturated heterocycles. The van der Waals surface area contributed by atoms with Crippen molar-refractivity contribution >= 4 is 0 Å². The number of hydrogen-bond donors (Lipinski definition) is 1. The number of likely N-dealkylation sites (tertiary alicyclic amines) is 1. The molecule has 1 N–H and O–H groups in total. The maximum atomic E-state index is 3.97. The van der Waals surface area contributed by atoms with E-state index in [4.69, 9.17) is 0 Å². The van der Waals surface area contributed by atoms with E-state index in [9.17, 15) is 0 Å². The van der Waals surface area contributed by atoms with Crippen molar-refractivity contribution in [3.05, 3.63) is 0 Å². The Kier molecular flexibility index (Phi) is 5.08. The zero-order valence-corrected chi connectivity index (χ0v) is 12.8. The normalized spacial score (nSPS) is 39.2. The summed E-state index contributed by atoms with van der Waals surface area (Å²) in [6.07, 6.45) is 8.38. The van der Waals surface area contributed by atoms with Gasteiger partial charge in [0.25, 0.3) is 0 Å². The Bertz CT molecular complexity index is 251. The summed E-state index contributed by atoms with van der Waals surface area (Å²) in [6.45, 7) is 8.42. The van der Waals surface area contributed by atoms with Gasteiger partial charge in [0.1, 0.15) is 0 Å². The van der Waals surface area contributed by atoms with Crippen LogP contribution in [-0.2, 0) is 0 Å². The molecule has 106 valence electrons. The Hall–Kier alpha value is -0.0800. The van der Waals surface area contributed by atoms with Crippen molar-refractivity contribution in [3.8, 4) is 0 Å². The lowest BCUT2D eigenvalue weighted by atomic mass is 9.79. The van der Waals surface area contributed by atoms with Crippen LogP contribution in [0.3, 0.4) is 0 Å². The van der Waals surface area contributed by atoms with Crippen LogP contribution in [-0.4, -0.2) is 36.6 Å². The second-order valence-corrected chi connectivity index (χ2v) is 7.09. The molecule has 4 atom stereocenters. The fraction of sp³-hybridized carbons (Fsp3) is 1.00. The van der Waals surface area contributed by atoms with E-state index >= 15 is 0 Å². The van der Waals surface area contributed by atoms with Crippen molar-refractivity contribution in [2.75, 3.05) is 13.6 Å². The van der Waals surface area contributed by atoms with E-state index in [1.807, 2.05) is 0 Å². The molecule has 2 fully saturated rings. The van der Waals surface area contributed by atoms with E-state index in [-0.39, 0.29) is 0 Å². The van der Waals surface area contributed by atoms with Crippen molar-refractivity contribution in [3.63, 3.8) is 0 Å². The van der Waals surface area contributed by atoms with Crippen molar-refractivity contribution < 1.29 is 0 Å². The number of nitrogens with zero attached hydrogens (tertiary/aromatic N) is 1. The molecule has 0 amide bonds. The van der Waals surface area contributed by atoms with E-state index in [0.717, 1.165) is 30.0 Å². The van der Waals surface area contributed by atoms with Gasteiger partial charge in [-0.15, -0.1) is 0 Å². The molecule has 1 heterocycles. The summed E-state index contributed by atoms with van der Waals surface area (Å²) < 4.78 is 0. The third kappa shape index (κ3) is 3.71. The van der Waals surface area contributed by atoms with E-state index in [2.05, 4.69) is 38.0 Å². The van der Waals surface area contributed by atoms with Crippen LogP contribution in [0.5, 0.6) is 0 Å². The summed E-state index contributed by atoms with van der Waals surface area (Å²) in [5.41, 5.74) is 0. The highest BCUT2D eigenvalue weighted by atomic mass is 15.1. The lowest BCUT2D eigenvalue weighted by Crippen LogP contribution is -2.49. The van der Waals surface area contributed by atoms with Gasteiger partial charge >= 0.3 is 0 Å². The number of piperidine rings is 1. The lowest BCUT2D eigenvalue weighted by Gasteiger charge is -2.39. The summed E-state index contributed by atoms with van der Waals surface area (Å²) >= 11 is 0. The van der Waals surface area contributed by atoms with Gasteiger partial charge in [-0.1, -0.05) is 26.7 Å². The molecule has 18 heavy (non-hydrogen) atoms. The maximum absolute atomic E-state index is 3.97. The van der Waals surface area contributed by atoms with Gasteiger partial charge in [-0.25, -0.2) is 0 Å². The van der Waals surface area contributed by atoms with E-state index in [1.165, 1.54) is 45.1 Å². The molecule has 0 aromatic heterocycles. The van der Waals surface area contributed by atoms with Crippen LogP contribution in [0.25, 0.3) is 0 Å². The zero-order valence-electron chi connectivity index (χ0n) is 12.8. The van der Waals surface area contributed by atoms with Crippen LogP contribution in [0.15, 0.2) is 0 Å². The van der Waals surface area contributed by atoms with Gasteiger partial charge in [-0.3, -0.25) is 0 Å². The van der Waals surface area contributed by atoms with E-state index in [1.54, 1.807) is 0 Å². The quantitative estimate of drug-likeness (QED) is 0.829. The summed E-state index contributed by atoms with van der Waals surface area (Å²) in [4.78, 5) is 2.50. The Morgan fingerprint density at radius 2 is 1.78 bits per heavy atom. The average molecular weight is 252 g/mol. The average Bonchev–Trinajstić information content (AvgIpc) is 2.34. The van der Waals surface area contributed by atoms with Crippen molar-refractivity contribution in [1.29, 1.82) is 0 Å². The Morgan fingerprint density at radius 1 is 1.06 bits per heavy atom. The second kappa shape index (κ2) is 6.38. The molecule has 1 aliphatic carbocycles. The molecule has 0 aromatic carbocycles. The molecule has 1 saturated carbocycles. The number of rotatable bonds is 3. The van der Waals surface area contributed by atoms with Gasteiger partial charge in [0.05, 0.1) is 0 Å². The second-order valence-electron chi connectivity index (χ2n) is 7.09. The Labute approximate surface area is 114 Å². The molecule has 4 unspecified atom stereocenters. The van der Waals surface area contributed by atoms with Crippen LogP contribution in [0, 0.1) is 11.8 Å². The molecule has 2 rings (SSSR count). The van der Waals surface area contributed by atoms with Crippen LogP contribution in [0.1, 0.15) is 59.3 Å². The third-order valence-corrected chi connectivity index (χ3v) is 5.34. The molecule has 2 heteroatoms. The first-order chi connectivity index (χ1) is 8.56. The Morgan fingerprint density at radius 3 is 2.44 bits per heavy atom. The van der Waals surface area contributed by atoms with Crippen LogP contribution in [0.4, 0.5) is 0 Å². The predicted octanol–water partition coefficient (Wildman–Crippen LogP) is 3.27. The van der Waals surface area contributed by atoms with Gasteiger partial charge in [0, 0.05) is 18.1 Å². The molecule has 0 spiro atoms. The molecular weight excluding hydrogens is 220 g/mol. The van der Waals surface area contributed by atoms with E-state index in [0.29, 0.717) is 0 Å². The molecule has 1 aliphatic heterocycles. The molecule has 2 aliphatic rings. The molecule has 2 nitrogen and oxygen atoms in total. The third-order valence-electron chi connectivity index (χ3n) is 5.34. The minimum atomic E-state index is 0.751. The topological polar surface area (TPSA) is 15.3 Å². The maximum Gasteiger partial charge on any atom is 0.00966 e.